The number of halogens is 1. The molecule has 108 valence electrons. The van der Waals surface area contributed by atoms with Crippen LogP contribution in [0.1, 0.15) is 53.3 Å². The third-order valence-electron chi connectivity index (χ3n) is 5.32. The van der Waals surface area contributed by atoms with Crippen molar-refractivity contribution in [2.45, 2.75) is 54.1 Å². The monoisotopic (exact) mass is 327 g/mol. The number of hydrogen-bond donors (Lipinski definition) is 1. The summed E-state index contributed by atoms with van der Waals surface area (Å²) in [5.41, 5.74) is 2.03. The Labute approximate surface area is 125 Å². The van der Waals surface area contributed by atoms with Gasteiger partial charge in [-0.15, -0.1) is 0 Å². The minimum Gasteiger partial charge on any atom is -0.309 e. The van der Waals surface area contributed by atoms with Gasteiger partial charge in [0.1, 0.15) is 0 Å². The van der Waals surface area contributed by atoms with Gasteiger partial charge in [0.15, 0.2) is 0 Å². The van der Waals surface area contributed by atoms with Crippen LogP contribution in [0.15, 0.2) is 10.7 Å². The molecule has 2 rings (SSSR count). The molecule has 1 heterocycles. The fourth-order valence-electron chi connectivity index (χ4n) is 3.61. The van der Waals surface area contributed by atoms with Crippen LogP contribution in [0.2, 0.25) is 0 Å². The second kappa shape index (κ2) is 4.88. The number of nitrogens with zero attached hydrogens (tertiary/aromatic N) is 2. The van der Waals surface area contributed by atoms with Crippen molar-refractivity contribution in [1.82, 2.24) is 15.1 Å². The lowest BCUT2D eigenvalue weighted by Crippen LogP contribution is -2.28. The van der Waals surface area contributed by atoms with Gasteiger partial charge in [0.05, 0.1) is 22.4 Å². The van der Waals surface area contributed by atoms with Crippen LogP contribution < -0.4 is 5.32 Å². The van der Waals surface area contributed by atoms with Crippen molar-refractivity contribution >= 4 is 15.9 Å². The Morgan fingerprint density at radius 1 is 1.32 bits per heavy atom. The standard InChI is InChI=1S/C15H26BrN3/c1-7-17-11(13-14(3,4)15(13,5)6)12-10(16)9-18-19(12)8-2/h9,11,13,17H,7-8H2,1-6H3. The van der Waals surface area contributed by atoms with Gasteiger partial charge in [0.2, 0.25) is 0 Å². The van der Waals surface area contributed by atoms with Gasteiger partial charge in [-0.05, 0) is 46.1 Å². The molecular weight excluding hydrogens is 302 g/mol. The van der Waals surface area contributed by atoms with Crippen molar-refractivity contribution < 1.29 is 0 Å². The van der Waals surface area contributed by atoms with Crippen molar-refractivity contribution in [2.75, 3.05) is 6.54 Å². The van der Waals surface area contributed by atoms with E-state index in [1.54, 1.807) is 0 Å². The highest BCUT2D eigenvalue weighted by Gasteiger charge is 2.67. The zero-order chi connectivity index (χ0) is 14.4. The summed E-state index contributed by atoms with van der Waals surface area (Å²) in [4.78, 5) is 0. The van der Waals surface area contributed by atoms with E-state index in [9.17, 15) is 0 Å². The molecule has 0 saturated heterocycles. The third kappa shape index (κ3) is 2.17. The van der Waals surface area contributed by atoms with E-state index < -0.39 is 0 Å². The zero-order valence-corrected chi connectivity index (χ0v) is 14.5. The number of hydrogen-bond acceptors (Lipinski definition) is 2. The fraction of sp³-hybridized carbons (Fsp3) is 0.800. The van der Waals surface area contributed by atoms with Gasteiger partial charge in [-0.3, -0.25) is 4.68 Å². The summed E-state index contributed by atoms with van der Waals surface area (Å²) in [7, 11) is 0. The van der Waals surface area contributed by atoms with Crippen molar-refractivity contribution in [3.63, 3.8) is 0 Å². The van der Waals surface area contributed by atoms with Gasteiger partial charge in [-0.1, -0.05) is 34.6 Å². The van der Waals surface area contributed by atoms with Crippen LogP contribution in [0.25, 0.3) is 0 Å². The highest BCUT2D eigenvalue weighted by Crippen LogP contribution is 2.72. The predicted molar refractivity (Wildman–Crippen MR) is 83.1 cm³/mol. The van der Waals surface area contributed by atoms with Crippen LogP contribution in [0, 0.1) is 16.7 Å². The summed E-state index contributed by atoms with van der Waals surface area (Å²) >= 11 is 3.68. The summed E-state index contributed by atoms with van der Waals surface area (Å²) in [5, 5.41) is 8.16. The zero-order valence-electron chi connectivity index (χ0n) is 12.9. The van der Waals surface area contributed by atoms with E-state index in [1.807, 2.05) is 6.20 Å². The molecule has 1 aliphatic carbocycles. The smallest absolute Gasteiger partial charge is 0.0698 e. The lowest BCUT2D eigenvalue weighted by Gasteiger charge is -2.22. The molecule has 19 heavy (non-hydrogen) atoms. The summed E-state index contributed by atoms with van der Waals surface area (Å²) < 4.78 is 3.24. The lowest BCUT2D eigenvalue weighted by atomic mass is 10.0. The minimum atomic E-state index is 0.363. The maximum Gasteiger partial charge on any atom is 0.0698 e. The number of nitrogens with one attached hydrogen (secondary N) is 1. The van der Waals surface area contributed by atoms with Crippen molar-refractivity contribution in [3.8, 4) is 0 Å². The van der Waals surface area contributed by atoms with E-state index in [2.05, 4.69) is 72.6 Å². The van der Waals surface area contributed by atoms with Crippen LogP contribution in [0.3, 0.4) is 0 Å². The van der Waals surface area contributed by atoms with Crippen molar-refractivity contribution in [2.24, 2.45) is 16.7 Å². The molecule has 0 spiro atoms. The average Bonchev–Trinajstić information content (AvgIpc) is 2.61. The molecule has 1 fully saturated rings. The fourth-order valence-corrected chi connectivity index (χ4v) is 4.15. The van der Waals surface area contributed by atoms with Crippen LogP contribution in [-0.2, 0) is 6.54 Å². The first-order chi connectivity index (χ1) is 8.79. The average molecular weight is 328 g/mol. The predicted octanol–water partition coefficient (Wildman–Crippen LogP) is 4.00. The second-order valence-corrected chi connectivity index (χ2v) is 7.50. The molecule has 0 aromatic carbocycles. The van der Waals surface area contributed by atoms with E-state index in [1.165, 1.54) is 5.69 Å². The molecule has 1 saturated carbocycles. The van der Waals surface area contributed by atoms with Crippen LogP contribution >= 0.6 is 15.9 Å². The molecule has 1 aromatic heterocycles. The normalized spacial score (nSPS) is 22.5. The maximum atomic E-state index is 4.47. The molecule has 0 amide bonds. The largest absolute Gasteiger partial charge is 0.309 e. The third-order valence-corrected chi connectivity index (χ3v) is 5.93. The van der Waals surface area contributed by atoms with Crippen LogP contribution in [0.4, 0.5) is 0 Å². The van der Waals surface area contributed by atoms with Crippen LogP contribution in [0.5, 0.6) is 0 Å². The van der Waals surface area contributed by atoms with Gasteiger partial charge >= 0.3 is 0 Å². The number of aryl methyl sites for hydroxylation is 1. The molecule has 0 radical (unpaired) electrons. The molecule has 1 unspecified atom stereocenters. The molecule has 3 nitrogen and oxygen atoms in total. The summed E-state index contributed by atoms with van der Waals surface area (Å²) in [6, 6.07) is 0.367. The van der Waals surface area contributed by atoms with E-state index in [-0.39, 0.29) is 0 Å². The molecule has 0 bridgehead atoms. The van der Waals surface area contributed by atoms with Gasteiger partial charge < -0.3 is 5.32 Å². The Kier molecular flexibility index (Phi) is 3.87. The van der Waals surface area contributed by atoms with E-state index >= 15 is 0 Å². The molecule has 0 aliphatic heterocycles. The van der Waals surface area contributed by atoms with E-state index in [4.69, 9.17) is 0 Å². The summed E-state index contributed by atoms with van der Waals surface area (Å²) in [6.45, 7) is 15.7. The SMILES string of the molecule is CCNC(c1c(Br)cnn1CC)C1C(C)(C)C1(C)C. The quantitative estimate of drug-likeness (QED) is 0.885. The number of rotatable bonds is 5. The Bertz CT molecular complexity index is 448. The van der Waals surface area contributed by atoms with Gasteiger partial charge in [0, 0.05) is 6.54 Å². The van der Waals surface area contributed by atoms with Gasteiger partial charge in [0.25, 0.3) is 0 Å². The van der Waals surface area contributed by atoms with E-state index in [0.29, 0.717) is 22.8 Å². The molecular formula is C15H26BrN3. The van der Waals surface area contributed by atoms with Crippen molar-refractivity contribution in [1.29, 1.82) is 0 Å². The maximum absolute atomic E-state index is 4.47. The van der Waals surface area contributed by atoms with Gasteiger partial charge in [-0.25, -0.2) is 0 Å². The first kappa shape index (κ1) is 15.0. The molecule has 1 N–H and O–H groups in total. The first-order valence-electron chi connectivity index (χ1n) is 7.23. The second-order valence-electron chi connectivity index (χ2n) is 6.65. The van der Waals surface area contributed by atoms with Crippen LogP contribution in [-0.4, -0.2) is 16.3 Å². The summed E-state index contributed by atoms with van der Waals surface area (Å²) in [5.74, 6) is 0.637. The Balaban J connectivity index is 2.40. The Morgan fingerprint density at radius 3 is 2.32 bits per heavy atom. The van der Waals surface area contributed by atoms with Crippen molar-refractivity contribution in [3.05, 3.63) is 16.4 Å². The topological polar surface area (TPSA) is 29.9 Å². The lowest BCUT2D eigenvalue weighted by molar-refractivity contribution is 0.389. The van der Waals surface area contributed by atoms with Gasteiger partial charge in [-0.2, -0.15) is 5.10 Å². The highest BCUT2D eigenvalue weighted by atomic mass is 79.9. The first-order valence-corrected chi connectivity index (χ1v) is 8.02. The molecule has 4 heteroatoms. The minimum absolute atomic E-state index is 0.363. The molecule has 1 aromatic rings. The number of aromatic nitrogens is 2. The highest BCUT2D eigenvalue weighted by molar-refractivity contribution is 9.10. The Hall–Kier alpha value is -0.350. The summed E-state index contributed by atoms with van der Waals surface area (Å²) in [6.07, 6.45) is 1.92. The van der Waals surface area contributed by atoms with E-state index in [0.717, 1.165) is 17.6 Å². The Morgan fingerprint density at radius 2 is 1.89 bits per heavy atom. The molecule has 1 aliphatic rings. The molecule has 1 atom stereocenters.